The molecular weight excluding hydrogens is 348 g/mol. The summed E-state index contributed by atoms with van der Waals surface area (Å²) in [5.74, 6) is 2.03. The lowest BCUT2D eigenvalue weighted by molar-refractivity contribution is -0.127. The fraction of sp³-hybridized carbons (Fsp3) is 0.400. The van der Waals surface area contributed by atoms with Crippen LogP contribution in [0.3, 0.4) is 0 Å². The summed E-state index contributed by atoms with van der Waals surface area (Å²) >= 11 is 1.44. The summed E-state index contributed by atoms with van der Waals surface area (Å²) in [6.07, 6.45) is 2.17. The molecule has 0 N–H and O–H groups in total. The van der Waals surface area contributed by atoms with Crippen molar-refractivity contribution in [3.05, 3.63) is 53.5 Å². The van der Waals surface area contributed by atoms with Crippen LogP contribution in [0.15, 0.2) is 45.7 Å². The highest BCUT2D eigenvalue weighted by Crippen LogP contribution is 2.25. The molecule has 2 heterocycles. The van der Waals surface area contributed by atoms with Crippen LogP contribution >= 0.6 is 11.8 Å². The quantitative estimate of drug-likeness (QED) is 0.728. The Bertz CT molecular complexity index is 781. The second-order valence-corrected chi connectivity index (χ2v) is 7.56. The van der Waals surface area contributed by atoms with Crippen molar-refractivity contribution in [1.29, 1.82) is 0 Å². The number of hydrogen-bond acceptors (Lipinski definition) is 4. The number of hydrogen-bond donors (Lipinski definition) is 0. The highest BCUT2D eigenvalue weighted by atomic mass is 32.2. The fourth-order valence-corrected chi connectivity index (χ4v) is 3.99. The van der Waals surface area contributed by atoms with Crippen LogP contribution in [0, 0.1) is 6.92 Å². The molecule has 138 valence electrons. The predicted molar refractivity (Wildman–Crippen MR) is 102 cm³/mol. The van der Waals surface area contributed by atoms with Crippen LogP contribution < -0.4 is 0 Å². The number of amides is 2. The first-order valence-electron chi connectivity index (χ1n) is 8.85. The van der Waals surface area contributed by atoms with Gasteiger partial charge in [-0.25, -0.2) is 0 Å². The molecule has 1 fully saturated rings. The Kier molecular flexibility index (Phi) is 6.04. The number of benzene rings is 1. The fourth-order valence-electron chi connectivity index (χ4n) is 3.05. The molecule has 5 nitrogen and oxygen atoms in total. The summed E-state index contributed by atoms with van der Waals surface area (Å²) < 4.78 is 5.56. The number of aryl methyl sites for hydroxylation is 1. The highest BCUT2D eigenvalue weighted by molar-refractivity contribution is 8.00. The first-order valence-corrected chi connectivity index (χ1v) is 9.83. The van der Waals surface area contributed by atoms with E-state index in [2.05, 4.69) is 0 Å². The first kappa shape index (κ1) is 18.6. The van der Waals surface area contributed by atoms with Crippen molar-refractivity contribution in [2.45, 2.75) is 31.2 Å². The molecule has 1 saturated heterocycles. The molecule has 3 rings (SSSR count). The minimum absolute atomic E-state index is 0.0734. The van der Waals surface area contributed by atoms with Crippen molar-refractivity contribution in [3.63, 3.8) is 0 Å². The normalized spacial score (nSPS) is 13.8. The second-order valence-electron chi connectivity index (χ2n) is 6.55. The van der Waals surface area contributed by atoms with Gasteiger partial charge in [-0.15, -0.1) is 11.8 Å². The van der Waals surface area contributed by atoms with E-state index in [0.29, 0.717) is 17.9 Å². The number of nitrogens with zero attached hydrogens (tertiary/aromatic N) is 2. The van der Waals surface area contributed by atoms with Gasteiger partial charge in [0, 0.05) is 25.0 Å². The minimum atomic E-state index is -0.0734. The summed E-state index contributed by atoms with van der Waals surface area (Å²) in [5.41, 5.74) is 0.623. The highest BCUT2D eigenvalue weighted by Gasteiger charge is 2.20. The number of carbonyl (C=O) groups is 2. The van der Waals surface area contributed by atoms with E-state index in [4.69, 9.17) is 4.42 Å². The van der Waals surface area contributed by atoms with Crippen LogP contribution in [0.4, 0.5) is 0 Å². The molecular formula is C20H24N2O3S. The lowest BCUT2D eigenvalue weighted by atomic mass is 10.2. The van der Waals surface area contributed by atoms with E-state index in [1.165, 1.54) is 11.8 Å². The van der Waals surface area contributed by atoms with Gasteiger partial charge >= 0.3 is 0 Å². The molecule has 1 aliphatic rings. The number of rotatable bonds is 6. The van der Waals surface area contributed by atoms with Gasteiger partial charge < -0.3 is 14.2 Å². The van der Waals surface area contributed by atoms with Gasteiger partial charge in [-0.1, -0.05) is 12.1 Å². The van der Waals surface area contributed by atoms with Crippen molar-refractivity contribution >= 4 is 23.6 Å². The first-order chi connectivity index (χ1) is 12.5. The van der Waals surface area contributed by atoms with Gasteiger partial charge in [0.15, 0.2) is 0 Å². The molecule has 0 unspecified atom stereocenters. The molecule has 1 aromatic carbocycles. The van der Waals surface area contributed by atoms with Crippen LogP contribution in [0.1, 0.15) is 34.7 Å². The summed E-state index contributed by atoms with van der Waals surface area (Å²) in [6.45, 7) is 4.00. The smallest absolute Gasteiger partial charge is 0.255 e. The Labute approximate surface area is 158 Å². The summed E-state index contributed by atoms with van der Waals surface area (Å²) in [7, 11) is 1.76. The van der Waals surface area contributed by atoms with Crippen LogP contribution in [0.5, 0.6) is 0 Å². The Balaban J connectivity index is 1.65. The lowest BCUT2D eigenvalue weighted by Crippen LogP contribution is -2.29. The van der Waals surface area contributed by atoms with Crippen LogP contribution in [-0.2, 0) is 11.3 Å². The van der Waals surface area contributed by atoms with Gasteiger partial charge in [-0.2, -0.15) is 0 Å². The maximum Gasteiger partial charge on any atom is 0.255 e. The molecule has 1 aliphatic heterocycles. The molecule has 26 heavy (non-hydrogen) atoms. The van der Waals surface area contributed by atoms with Crippen molar-refractivity contribution in [1.82, 2.24) is 9.80 Å². The van der Waals surface area contributed by atoms with Gasteiger partial charge in [-0.3, -0.25) is 9.59 Å². The topological polar surface area (TPSA) is 53.8 Å². The minimum Gasteiger partial charge on any atom is -0.464 e. The Morgan fingerprint density at radius 2 is 1.88 bits per heavy atom. The van der Waals surface area contributed by atoms with Crippen molar-refractivity contribution < 1.29 is 14.0 Å². The third-order valence-electron chi connectivity index (χ3n) is 4.46. The maximum absolute atomic E-state index is 12.9. The molecule has 1 aromatic heterocycles. The van der Waals surface area contributed by atoms with Crippen LogP contribution in [0.2, 0.25) is 0 Å². The number of carbonyl (C=O) groups excluding carboxylic acids is 2. The van der Waals surface area contributed by atoms with Gasteiger partial charge in [0.05, 0.1) is 17.9 Å². The predicted octanol–water partition coefficient (Wildman–Crippen LogP) is 3.57. The average Bonchev–Trinajstić information content (AvgIpc) is 3.31. The number of likely N-dealkylation sites (tertiary alicyclic amines) is 1. The molecule has 0 radical (unpaired) electrons. The SMILES string of the molecule is Cc1ccc(CN(C)C(=O)c2ccccc2SCC(=O)N2CCCC2)o1. The molecule has 0 saturated carbocycles. The zero-order chi connectivity index (χ0) is 18.5. The van der Waals surface area contributed by atoms with E-state index in [1.54, 1.807) is 11.9 Å². The van der Waals surface area contributed by atoms with E-state index in [0.717, 1.165) is 42.3 Å². The third-order valence-corrected chi connectivity index (χ3v) is 5.52. The number of thioether (sulfide) groups is 1. The Morgan fingerprint density at radius 1 is 1.15 bits per heavy atom. The van der Waals surface area contributed by atoms with Gasteiger partial charge in [0.2, 0.25) is 5.91 Å². The molecule has 0 spiro atoms. The Morgan fingerprint density at radius 3 is 2.58 bits per heavy atom. The lowest BCUT2D eigenvalue weighted by Gasteiger charge is -2.18. The summed E-state index contributed by atoms with van der Waals surface area (Å²) in [5, 5.41) is 0. The zero-order valence-electron chi connectivity index (χ0n) is 15.2. The van der Waals surface area contributed by atoms with Crippen LogP contribution in [-0.4, -0.2) is 47.5 Å². The van der Waals surface area contributed by atoms with Gasteiger partial charge in [-0.05, 0) is 44.0 Å². The van der Waals surface area contributed by atoms with E-state index in [1.807, 2.05) is 48.2 Å². The monoisotopic (exact) mass is 372 g/mol. The third kappa shape index (κ3) is 4.49. The average molecular weight is 372 g/mol. The largest absolute Gasteiger partial charge is 0.464 e. The van der Waals surface area contributed by atoms with Gasteiger partial charge in [0.1, 0.15) is 11.5 Å². The van der Waals surface area contributed by atoms with Crippen molar-refractivity contribution in [2.75, 3.05) is 25.9 Å². The van der Waals surface area contributed by atoms with Crippen molar-refractivity contribution in [2.24, 2.45) is 0 Å². The molecule has 0 bridgehead atoms. The van der Waals surface area contributed by atoms with E-state index in [-0.39, 0.29) is 11.8 Å². The van der Waals surface area contributed by atoms with E-state index in [9.17, 15) is 9.59 Å². The molecule has 0 aliphatic carbocycles. The molecule has 2 amide bonds. The standard InChI is InChI=1S/C20H24N2O3S/c1-15-9-10-16(25-15)13-21(2)20(24)17-7-3-4-8-18(17)26-14-19(23)22-11-5-6-12-22/h3-4,7-10H,5-6,11-14H2,1-2H3. The van der Waals surface area contributed by atoms with Crippen molar-refractivity contribution in [3.8, 4) is 0 Å². The van der Waals surface area contributed by atoms with E-state index >= 15 is 0 Å². The second kappa shape index (κ2) is 8.45. The Hall–Kier alpha value is -2.21. The van der Waals surface area contributed by atoms with Crippen LogP contribution in [0.25, 0.3) is 0 Å². The molecule has 0 atom stereocenters. The summed E-state index contributed by atoms with van der Waals surface area (Å²) in [6, 6.07) is 11.2. The van der Waals surface area contributed by atoms with E-state index < -0.39 is 0 Å². The summed E-state index contributed by atoms with van der Waals surface area (Å²) in [4.78, 5) is 29.5. The zero-order valence-corrected chi connectivity index (χ0v) is 16.1. The molecule has 2 aromatic rings. The number of furan rings is 1. The van der Waals surface area contributed by atoms with Gasteiger partial charge in [0.25, 0.3) is 5.91 Å². The molecule has 6 heteroatoms. The maximum atomic E-state index is 12.9.